The molecule has 0 aliphatic heterocycles. The number of halogens is 1. The molecular formula is C26H36FN3O4S. The zero-order chi connectivity index (χ0) is 26.3. The first-order chi connectivity index (χ1) is 16.4. The molecule has 0 spiro atoms. The van der Waals surface area contributed by atoms with Gasteiger partial charge in [0.05, 0.1) is 11.9 Å². The molecule has 2 atom stereocenters. The lowest BCUT2D eigenvalue weighted by Crippen LogP contribution is -2.53. The van der Waals surface area contributed by atoms with Gasteiger partial charge in [-0.3, -0.25) is 13.9 Å². The molecule has 0 heterocycles. The van der Waals surface area contributed by atoms with E-state index in [0.29, 0.717) is 17.7 Å². The summed E-state index contributed by atoms with van der Waals surface area (Å²) in [4.78, 5) is 28.1. The topological polar surface area (TPSA) is 86.8 Å². The largest absolute Gasteiger partial charge is 0.352 e. The van der Waals surface area contributed by atoms with E-state index in [9.17, 15) is 22.4 Å². The molecular weight excluding hydrogens is 469 g/mol. The van der Waals surface area contributed by atoms with Crippen molar-refractivity contribution in [2.24, 2.45) is 0 Å². The number of nitrogens with zero attached hydrogens (tertiary/aromatic N) is 2. The highest BCUT2D eigenvalue weighted by Crippen LogP contribution is 2.22. The Morgan fingerprint density at radius 2 is 1.63 bits per heavy atom. The normalized spacial score (nSPS) is 13.1. The van der Waals surface area contributed by atoms with Crippen molar-refractivity contribution in [3.05, 3.63) is 65.0 Å². The number of aryl methyl sites for hydroxylation is 2. The first kappa shape index (κ1) is 28.3. The predicted octanol–water partition coefficient (Wildman–Crippen LogP) is 3.93. The van der Waals surface area contributed by atoms with Gasteiger partial charge in [-0.25, -0.2) is 12.8 Å². The highest BCUT2D eigenvalue weighted by Gasteiger charge is 2.32. The van der Waals surface area contributed by atoms with E-state index in [1.54, 1.807) is 37.3 Å². The van der Waals surface area contributed by atoms with Crippen molar-refractivity contribution in [1.82, 2.24) is 10.2 Å². The number of nitrogens with one attached hydrogen (secondary N) is 1. The molecule has 0 aliphatic rings. The second-order valence-corrected chi connectivity index (χ2v) is 10.8. The van der Waals surface area contributed by atoms with Crippen LogP contribution >= 0.6 is 0 Å². The fraction of sp³-hybridized carbons (Fsp3) is 0.462. The summed E-state index contributed by atoms with van der Waals surface area (Å²) in [5.41, 5.74) is 2.90. The molecule has 0 aromatic heterocycles. The first-order valence-corrected chi connectivity index (χ1v) is 13.6. The zero-order valence-electron chi connectivity index (χ0n) is 21.3. The van der Waals surface area contributed by atoms with Gasteiger partial charge in [0.15, 0.2) is 0 Å². The maximum Gasteiger partial charge on any atom is 0.244 e. The van der Waals surface area contributed by atoms with Crippen LogP contribution in [0.3, 0.4) is 0 Å². The van der Waals surface area contributed by atoms with Crippen LogP contribution in [0.1, 0.15) is 50.3 Å². The van der Waals surface area contributed by atoms with E-state index in [0.717, 1.165) is 28.1 Å². The molecule has 9 heteroatoms. The SMILES string of the molecule is CC[C@H](C)NC(=O)[C@H](CC)N(Cc1ccc(F)cc1)C(=O)CN(c1ccc(C)c(C)c1)S(C)(=O)=O. The van der Waals surface area contributed by atoms with Gasteiger partial charge in [-0.2, -0.15) is 0 Å². The van der Waals surface area contributed by atoms with E-state index in [-0.39, 0.29) is 18.5 Å². The zero-order valence-corrected chi connectivity index (χ0v) is 22.2. The van der Waals surface area contributed by atoms with Crippen molar-refractivity contribution in [3.8, 4) is 0 Å². The Bertz CT molecular complexity index is 1140. The fourth-order valence-electron chi connectivity index (χ4n) is 3.64. The minimum Gasteiger partial charge on any atom is -0.352 e. The molecule has 2 rings (SSSR count). The minimum absolute atomic E-state index is 0.0378. The molecule has 0 radical (unpaired) electrons. The monoisotopic (exact) mass is 505 g/mol. The number of hydrogen-bond donors (Lipinski definition) is 1. The minimum atomic E-state index is -3.79. The van der Waals surface area contributed by atoms with Crippen LogP contribution in [0.15, 0.2) is 42.5 Å². The molecule has 0 aliphatic carbocycles. The Morgan fingerprint density at radius 3 is 2.14 bits per heavy atom. The predicted molar refractivity (Wildman–Crippen MR) is 137 cm³/mol. The molecule has 0 saturated heterocycles. The Morgan fingerprint density at radius 1 is 1.00 bits per heavy atom. The van der Waals surface area contributed by atoms with Crippen LogP contribution in [0, 0.1) is 19.7 Å². The second kappa shape index (κ2) is 12.2. The number of amides is 2. The molecule has 0 bridgehead atoms. The molecule has 7 nitrogen and oxygen atoms in total. The van der Waals surface area contributed by atoms with Gasteiger partial charge in [-0.1, -0.05) is 32.0 Å². The summed E-state index contributed by atoms with van der Waals surface area (Å²) in [6.07, 6.45) is 2.10. The van der Waals surface area contributed by atoms with Gasteiger partial charge in [0.2, 0.25) is 21.8 Å². The van der Waals surface area contributed by atoms with E-state index in [1.807, 2.05) is 27.7 Å². The standard InChI is InChI=1S/C26H36FN3O4S/c1-7-20(5)28-26(32)24(8-2)29(16-21-10-12-22(27)13-11-21)25(31)17-30(35(6,33)34)23-14-9-18(3)19(4)15-23/h9-15,20,24H,7-8,16-17H2,1-6H3,(H,28,32)/t20-,24-/m0/s1. The van der Waals surface area contributed by atoms with Crippen LogP contribution in [0.5, 0.6) is 0 Å². The lowest BCUT2D eigenvalue weighted by Gasteiger charge is -2.33. The van der Waals surface area contributed by atoms with Crippen LogP contribution in [0.25, 0.3) is 0 Å². The third-order valence-corrected chi connectivity index (χ3v) is 7.25. The van der Waals surface area contributed by atoms with Crippen molar-refractivity contribution >= 4 is 27.5 Å². The molecule has 1 N–H and O–H groups in total. The van der Waals surface area contributed by atoms with Crippen molar-refractivity contribution < 1.29 is 22.4 Å². The molecule has 0 unspecified atom stereocenters. The van der Waals surface area contributed by atoms with Crippen molar-refractivity contribution in [3.63, 3.8) is 0 Å². The number of sulfonamides is 1. The van der Waals surface area contributed by atoms with E-state index < -0.39 is 34.3 Å². The Labute approximate surface area is 208 Å². The lowest BCUT2D eigenvalue weighted by molar-refractivity contribution is -0.140. The van der Waals surface area contributed by atoms with E-state index in [1.165, 1.54) is 17.0 Å². The molecule has 2 amide bonds. The maximum atomic E-state index is 13.6. The summed E-state index contributed by atoms with van der Waals surface area (Å²) >= 11 is 0. The van der Waals surface area contributed by atoms with Gasteiger partial charge in [-0.15, -0.1) is 0 Å². The summed E-state index contributed by atoms with van der Waals surface area (Å²) in [6.45, 7) is 8.98. The van der Waals surface area contributed by atoms with Crippen molar-refractivity contribution in [2.45, 2.75) is 66.1 Å². The fourth-order valence-corrected chi connectivity index (χ4v) is 4.48. The number of carbonyl (C=O) groups excluding carboxylic acids is 2. The smallest absolute Gasteiger partial charge is 0.244 e. The molecule has 2 aromatic rings. The number of rotatable bonds is 11. The second-order valence-electron chi connectivity index (χ2n) is 8.93. The summed E-state index contributed by atoms with van der Waals surface area (Å²) in [5, 5.41) is 2.92. The van der Waals surface area contributed by atoms with Crippen LogP contribution < -0.4 is 9.62 Å². The highest BCUT2D eigenvalue weighted by molar-refractivity contribution is 7.92. The number of carbonyl (C=O) groups is 2. The van der Waals surface area contributed by atoms with E-state index in [2.05, 4.69) is 5.32 Å². The summed E-state index contributed by atoms with van der Waals surface area (Å²) in [7, 11) is -3.79. The third kappa shape index (κ3) is 7.78. The van der Waals surface area contributed by atoms with Gasteiger partial charge >= 0.3 is 0 Å². The van der Waals surface area contributed by atoms with Gasteiger partial charge in [0.25, 0.3) is 0 Å². The summed E-state index contributed by atoms with van der Waals surface area (Å²) < 4.78 is 39.9. The number of benzene rings is 2. The molecule has 35 heavy (non-hydrogen) atoms. The van der Waals surface area contributed by atoms with Crippen LogP contribution in [0.4, 0.5) is 10.1 Å². The van der Waals surface area contributed by atoms with Crippen molar-refractivity contribution in [2.75, 3.05) is 17.1 Å². The Balaban J connectivity index is 2.45. The van der Waals surface area contributed by atoms with Gasteiger partial charge < -0.3 is 10.2 Å². The first-order valence-electron chi connectivity index (χ1n) is 11.8. The van der Waals surface area contributed by atoms with Gasteiger partial charge in [0, 0.05) is 12.6 Å². The molecule has 0 fully saturated rings. The van der Waals surface area contributed by atoms with E-state index >= 15 is 0 Å². The van der Waals surface area contributed by atoms with Crippen LogP contribution in [0.2, 0.25) is 0 Å². The van der Waals surface area contributed by atoms with Crippen LogP contribution in [-0.4, -0.2) is 50.0 Å². The van der Waals surface area contributed by atoms with E-state index in [4.69, 9.17) is 0 Å². The Kier molecular flexibility index (Phi) is 9.82. The average molecular weight is 506 g/mol. The quantitative estimate of drug-likeness (QED) is 0.501. The van der Waals surface area contributed by atoms with Crippen LogP contribution in [-0.2, 0) is 26.2 Å². The molecule has 0 saturated carbocycles. The number of anilines is 1. The molecule has 2 aromatic carbocycles. The van der Waals surface area contributed by atoms with Gasteiger partial charge in [-0.05, 0) is 74.6 Å². The Hall–Kier alpha value is -2.94. The van der Waals surface area contributed by atoms with Gasteiger partial charge in [0.1, 0.15) is 18.4 Å². The molecule has 192 valence electrons. The average Bonchev–Trinajstić information content (AvgIpc) is 2.79. The van der Waals surface area contributed by atoms with Crippen molar-refractivity contribution in [1.29, 1.82) is 0 Å². The highest BCUT2D eigenvalue weighted by atomic mass is 32.2. The summed E-state index contributed by atoms with van der Waals surface area (Å²) in [5.74, 6) is -1.25. The summed E-state index contributed by atoms with van der Waals surface area (Å²) in [6, 6.07) is 9.96. The maximum absolute atomic E-state index is 13.6. The number of hydrogen-bond acceptors (Lipinski definition) is 4. The third-order valence-electron chi connectivity index (χ3n) is 6.11. The lowest BCUT2D eigenvalue weighted by atomic mass is 10.1.